The van der Waals surface area contributed by atoms with Crippen molar-refractivity contribution in [1.82, 2.24) is 0 Å². The molecule has 0 saturated carbocycles. The first kappa shape index (κ1) is 56.7. The van der Waals surface area contributed by atoms with Gasteiger partial charge in [0.2, 0.25) is 0 Å². The SMILES string of the molecule is O=[Si]([O-])[O-].[F-].[MgH2].[MgH2].[MgH2].[Na+].[Na+].[Na+]. The van der Waals surface area contributed by atoms with Crippen LogP contribution in [0.15, 0.2) is 0 Å². The smallest absolute Gasteiger partial charge is 1.00 e. The Bertz CT molecular complexity index is 46.8. The van der Waals surface area contributed by atoms with E-state index >= 15 is 0 Å². The summed E-state index contributed by atoms with van der Waals surface area (Å²) in [6.45, 7) is 0. The molecule has 0 N–H and O–H groups in total. The summed E-state index contributed by atoms with van der Waals surface area (Å²) in [5, 5.41) is 0. The fourth-order valence-corrected chi connectivity index (χ4v) is 0. The maximum Gasteiger partial charge on any atom is 1.00 e. The molecule has 0 aliphatic rings. The molecule has 0 saturated heterocycles. The molecular weight excluding hydrogens is 237 g/mol. The molecule has 0 aromatic carbocycles. The summed E-state index contributed by atoms with van der Waals surface area (Å²) in [6.07, 6.45) is 0. The maximum atomic E-state index is 8.52. The minimum absolute atomic E-state index is 0. The summed E-state index contributed by atoms with van der Waals surface area (Å²) in [6, 6.07) is 0. The number of halogens is 1. The first-order chi connectivity index (χ1) is 1.73. The Kier molecular flexibility index (Phi) is 238. The monoisotopic (exact) mass is 242 g/mol. The van der Waals surface area contributed by atoms with Crippen molar-refractivity contribution in [3.63, 3.8) is 0 Å². The molecule has 11 heteroatoms. The quantitative estimate of drug-likeness (QED) is 0.397. The van der Waals surface area contributed by atoms with Gasteiger partial charge in [0.15, 0.2) is 0 Å². The van der Waals surface area contributed by atoms with Crippen LogP contribution in [0, 0.1) is 0 Å². The molecule has 0 heterocycles. The molecule has 0 atom stereocenters. The largest absolute Gasteiger partial charge is 1.00 e. The Morgan fingerprint density at radius 1 is 0.818 bits per heavy atom. The second kappa shape index (κ2) is 46.2. The molecule has 44 valence electrons. The van der Waals surface area contributed by atoms with Crippen LogP contribution in [0.2, 0.25) is 0 Å². The second-order valence-electron chi connectivity index (χ2n) is 0.250. The van der Waals surface area contributed by atoms with Crippen molar-refractivity contribution in [3.05, 3.63) is 0 Å². The average Bonchev–Trinajstić information content (AvgIpc) is 0.811. The van der Waals surface area contributed by atoms with E-state index in [-0.39, 0.29) is 163 Å². The average molecular weight is 243 g/mol. The zero-order valence-corrected chi connectivity index (χ0v) is 12.1. The van der Waals surface area contributed by atoms with E-state index in [1.54, 1.807) is 0 Å². The van der Waals surface area contributed by atoms with Crippen LogP contribution < -0.4 is 103 Å². The van der Waals surface area contributed by atoms with Gasteiger partial charge in [0.25, 0.3) is 0 Å². The molecule has 0 bridgehead atoms. The van der Waals surface area contributed by atoms with Gasteiger partial charge in [-0.05, 0) is 0 Å². The van der Waals surface area contributed by atoms with Crippen molar-refractivity contribution < 1.29 is 107 Å². The van der Waals surface area contributed by atoms with Gasteiger partial charge in [-0.1, -0.05) is 0 Å². The number of hydrogen-bond donors (Lipinski definition) is 0. The van der Waals surface area contributed by atoms with Crippen LogP contribution >= 0.6 is 0 Å². The van der Waals surface area contributed by atoms with Gasteiger partial charge in [0, 0.05) is 9.17 Å². The molecule has 0 amide bonds. The molecule has 0 rings (SSSR count). The van der Waals surface area contributed by atoms with Crippen LogP contribution in [0.3, 0.4) is 0 Å². The molecule has 0 aromatic rings. The van der Waals surface area contributed by atoms with Gasteiger partial charge in [-0.25, -0.2) is 0 Å². The van der Waals surface area contributed by atoms with Gasteiger partial charge in [0.05, 0.1) is 0 Å². The Labute approximate surface area is 181 Å². The van der Waals surface area contributed by atoms with E-state index in [4.69, 9.17) is 14.1 Å². The van der Waals surface area contributed by atoms with Crippen LogP contribution in [-0.4, -0.2) is 78.3 Å². The molecule has 0 aromatic heterocycles. The summed E-state index contributed by atoms with van der Waals surface area (Å²) in [7, 11) is -3.63. The first-order valence-corrected chi connectivity index (χ1v) is 1.84. The molecule has 0 aliphatic heterocycles. The zero-order chi connectivity index (χ0) is 3.58. The van der Waals surface area contributed by atoms with Gasteiger partial charge in [-0.2, -0.15) is 0 Å². The van der Waals surface area contributed by atoms with E-state index in [0.717, 1.165) is 0 Å². The second-order valence-corrected chi connectivity index (χ2v) is 0.750. The zero-order valence-electron chi connectivity index (χ0n) is 5.10. The molecule has 3 nitrogen and oxygen atoms in total. The Balaban J connectivity index is -0.00000000214. The summed E-state index contributed by atoms with van der Waals surface area (Å²) >= 11 is 0. The third-order valence-corrected chi connectivity index (χ3v) is 0. The Morgan fingerprint density at radius 2 is 0.818 bits per heavy atom. The van der Waals surface area contributed by atoms with Crippen molar-refractivity contribution in [2.45, 2.75) is 0 Å². The molecular formula is H6FMg3Na3O3Si. The third kappa shape index (κ3) is 104. The molecule has 0 spiro atoms. The van der Waals surface area contributed by atoms with Crippen LogP contribution in [0.25, 0.3) is 0 Å². The normalized spacial score (nSPS) is 2.18. The van der Waals surface area contributed by atoms with E-state index < -0.39 is 9.17 Å². The van der Waals surface area contributed by atoms with E-state index in [1.807, 2.05) is 0 Å². The fraction of sp³-hybridized carbons (Fsp3) is 0. The number of hydrogen-bond acceptors (Lipinski definition) is 3. The van der Waals surface area contributed by atoms with E-state index in [1.165, 1.54) is 0 Å². The van der Waals surface area contributed by atoms with Crippen molar-refractivity contribution in [2.24, 2.45) is 0 Å². The Hall–Kier alpha value is 4.85. The molecule has 0 aliphatic carbocycles. The molecule has 11 heavy (non-hydrogen) atoms. The van der Waals surface area contributed by atoms with Crippen LogP contribution in [0.1, 0.15) is 0 Å². The topological polar surface area (TPSA) is 63.2 Å². The summed E-state index contributed by atoms with van der Waals surface area (Å²) in [5.74, 6) is 0. The van der Waals surface area contributed by atoms with Crippen LogP contribution in [-0.2, 0) is 4.46 Å². The maximum absolute atomic E-state index is 8.52. The summed E-state index contributed by atoms with van der Waals surface area (Å²) in [5.41, 5.74) is 0. The number of rotatable bonds is 0. The third-order valence-electron chi connectivity index (χ3n) is 0. The van der Waals surface area contributed by atoms with Crippen LogP contribution in [0.5, 0.6) is 0 Å². The predicted octanol–water partition coefficient (Wildman–Crippen LogP) is -17.6. The van der Waals surface area contributed by atoms with Crippen molar-refractivity contribution in [2.75, 3.05) is 0 Å². The van der Waals surface area contributed by atoms with E-state index in [2.05, 4.69) is 0 Å². The Morgan fingerprint density at radius 3 is 0.818 bits per heavy atom. The molecule has 0 fully saturated rings. The van der Waals surface area contributed by atoms with Crippen LogP contribution in [0.4, 0.5) is 0 Å². The van der Waals surface area contributed by atoms with Crippen molar-refractivity contribution >= 4 is 78.3 Å². The predicted molar refractivity (Wildman–Crippen MR) is 32.1 cm³/mol. The minimum Gasteiger partial charge on any atom is -1.00 e. The van der Waals surface area contributed by atoms with Gasteiger partial charge >= 0.3 is 158 Å². The van der Waals surface area contributed by atoms with Gasteiger partial charge < -0.3 is 18.8 Å². The van der Waals surface area contributed by atoms with Gasteiger partial charge in [0.1, 0.15) is 0 Å². The van der Waals surface area contributed by atoms with E-state index in [9.17, 15) is 0 Å². The summed E-state index contributed by atoms with van der Waals surface area (Å²) < 4.78 is 8.52. The molecule has 0 unspecified atom stereocenters. The standard InChI is InChI=1S/FH.3Mg.3Na.O3Si.6H/c;;;;;;;1-4(2)3;;;;;;/h1H;;;;;;;;;;;;;/q;;;;3*+1;-2;;;;;;/p-1. The first-order valence-electron chi connectivity index (χ1n) is 0.612. The minimum atomic E-state index is -3.63. The van der Waals surface area contributed by atoms with Gasteiger partial charge in [-0.15, -0.1) is 0 Å². The summed E-state index contributed by atoms with van der Waals surface area (Å²) in [4.78, 5) is 17.0. The molecule has 0 radical (unpaired) electrons. The van der Waals surface area contributed by atoms with Gasteiger partial charge in [-0.3, -0.25) is 0 Å². The van der Waals surface area contributed by atoms with Crippen molar-refractivity contribution in [3.8, 4) is 0 Å². The fourth-order valence-electron chi connectivity index (χ4n) is 0. The van der Waals surface area contributed by atoms with E-state index in [0.29, 0.717) is 0 Å². The van der Waals surface area contributed by atoms with Crippen molar-refractivity contribution in [1.29, 1.82) is 0 Å².